The molecule has 1 saturated heterocycles. The zero-order chi connectivity index (χ0) is 13.9. The van der Waals surface area contributed by atoms with Gasteiger partial charge in [0.15, 0.2) is 5.17 Å². The van der Waals surface area contributed by atoms with Crippen LogP contribution in [0.1, 0.15) is 31.2 Å². The number of aliphatic imine (C=N–C) groups is 1. The van der Waals surface area contributed by atoms with Crippen LogP contribution in [0.2, 0.25) is 0 Å². The van der Waals surface area contributed by atoms with E-state index in [0.29, 0.717) is 16.1 Å². The van der Waals surface area contributed by atoms with Gasteiger partial charge in [0.05, 0.1) is 10.9 Å². The zero-order valence-corrected chi connectivity index (χ0v) is 11.8. The van der Waals surface area contributed by atoms with Crippen LogP contribution in [0.15, 0.2) is 34.2 Å². The lowest BCUT2D eigenvalue weighted by Crippen LogP contribution is -2.21. The maximum Gasteiger partial charge on any atom is 0.264 e. The number of hydrogen-bond acceptors (Lipinski definition) is 3. The molecule has 0 bridgehead atoms. The molecule has 1 aliphatic heterocycles. The second-order valence-electron chi connectivity index (χ2n) is 4.99. The molecule has 1 aromatic carbocycles. The second kappa shape index (κ2) is 5.79. The fraction of sp³-hybridized carbons (Fsp3) is 0.333. The number of rotatable bonds is 2. The third-order valence-corrected chi connectivity index (χ3v) is 4.37. The van der Waals surface area contributed by atoms with E-state index in [1.54, 1.807) is 18.2 Å². The van der Waals surface area contributed by atoms with Crippen molar-refractivity contribution in [3.63, 3.8) is 0 Å². The smallest absolute Gasteiger partial charge is 0.264 e. The fourth-order valence-electron chi connectivity index (χ4n) is 2.40. The van der Waals surface area contributed by atoms with Crippen molar-refractivity contribution in [2.75, 3.05) is 0 Å². The number of amidine groups is 1. The first kappa shape index (κ1) is 13.4. The molecule has 0 atom stereocenters. The Hall–Kier alpha value is -1.62. The number of hydrogen-bond donors (Lipinski definition) is 1. The number of halogens is 1. The van der Waals surface area contributed by atoms with Gasteiger partial charge in [0.2, 0.25) is 0 Å². The summed E-state index contributed by atoms with van der Waals surface area (Å²) in [5.74, 6) is -0.407. The summed E-state index contributed by atoms with van der Waals surface area (Å²) in [5, 5.41) is 3.48. The number of carbonyl (C=O) groups excluding carboxylic acids is 1. The first-order valence-electron chi connectivity index (χ1n) is 6.75. The molecular weight excluding hydrogens is 275 g/mol. The topological polar surface area (TPSA) is 41.5 Å². The second-order valence-corrected chi connectivity index (χ2v) is 6.02. The molecule has 3 nitrogen and oxygen atoms in total. The first-order chi connectivity index (χ1) is 9.70. The standard InChI is InChI=1S/C15H15FN2OS/c16-11-7-5-10(6-8-11)9-13-14(19)18-15(20-13)17-12-3-1-2-4-12/h5-9,12H,1-4H2,(H,17,18,19)/b13-9-. The van der Waals surface area contributed by atoms with E-state index in [0.717, 1.165) is 18.4 Å². The molecule has 20 heavy (non-hydrogen) atoms. The molecule has 0 spiro atoms. The molecule has 1 aliphatic carbocycles. The van der Waals surface area contributed by atoms with Crippen LogP contribution < -0.4 is 5.32 Å². The van der Waals surface area contributed by atoms with Crippen molar-refractivity contribution in [3.05, 3.63) is 40.6 Å². The summed E-state index contributed by atoms with van der Waals surface area (Å²) in [6, 6.07) is 6.43. The Morgan fingerprint density at radius 3 is 2.65 bits per heavy atom. The van der Waals surface area contributed by atoms with Gasteiger partial charge in [-0.2, -0.15) is 0 Å². The van der Waals surface area contributed by atoms with E-state index in [-0.39, 0.29) is 11.7 Å². The van der Waals surface area contributed by atoms with Crippen molar-refractivity contribution in [1.29, 1.82) is 0 Å². The highest BCUT2D eigenvalue weighted by atomic mass is 32.2. The van der Waals surface area contributed by atoms with Gasteiger partial charge in [0.1, 0.15) is 5.82 Å². The summed E-state index contributed by atoms with van der Waals surface area (Å²) >= 11 is 1.36. The van der Waals surface area contributed by atoms with Crippen LogP contribution in [0.4, 0.5) is 4.39 Å². The maximum absolute atomic E-state index is 12.8. The average Bonchev–Trinajstić information content (AvgIpc) is 3.04. The molecule has 1 saturated carbocycles. The van der Waals surface area contributed by atoms with Gasteiger partial charge in [-0.3, -0.25) is 9.79 Å². The van der Waals surface area contributed by atoms with E-state index in [1.807, 2.05) is 0 Å². The summed E-state index contributed by atoms with van der Waals surface area (Å²) in [4.78, 5) is 17.1. The molecule has 1 amide bonds. The Kier molecular flexibility index (Phi) is 3.87. The molecule has 5 heteroatoms. The van der Waals surface area contributed by atoms with E-state index < -0.39 is 0 Å². The van der Waals surface area contributed by atoms with Crippen LogP contribution in [0.5, 0.6) is 0 Å². The van der Waals surface area contributed by atoms with Crippen LogP contribution >= 0.6 is 11.8 Å². The highest BCUT2D eigenvalue weighted by molar-refractivity contribution is 8.18. The number of nitrogens with zero attached hydrogens (tertiary/aromatic N) is 1. The fourth-order valence-corrected chi connectivity index (χ4v) is 3.29. The van der Waals surface area contributed by atoms with Crippen LogP contribution in [-0.2, 0) is 4.79 Å². The summed E-state index contributed by atoms with van der Waals surface area (Å²) in [7, 11) is 0. The molecule has 1 heterocycles. The molecule has 2 fully saturated rings. The van der Waals surface area contributed by atoms with E-state index in [2.05, 4.69) is 10.3 Å². The Morgan fingerprint density at radius 2 is 1.95 bits per heavy atom. The largest absolute Gasteiger partial charge is 0.301 e. The molecular formula is C15H15FN2OS. The van der Waals surface area contributed by atoms with Crippen LogP contribution in [-0.4, -0.2) is 17.1 Å². The molecule has 1 aromatic rings. The Morgan fingerprint density at radius 1 is 1.25 bits per heavy atom. The summed E-state index contributed by atoms with van der Waals surface area (Å²) < 4.78 is 12.8. The highest BCUT2D eigenvalue weighted by Gasteiger charge is 2.25. The van der Waals surface area contributed by atoms with Gasteiger partial charge in [0.25, 0.3) is 5.91 Å². The predicted molar refractivity (Wildman–Crippen MR) is 79.8 cm³/mol. The quantitative estimate of drug-likeness (QED) is 0.849. The van der Waals surface area contributed by atoms with Crippen molar-refractivity contribution in [2.45, 2.75) is 31.7 Å². The number of benzene rings is 1. The number of amides is 1. The Labute approximate surface area is 121 Å². The van der Waals surface area contributed by atoms with Gasteiger partial charge < -0.3 is 5.32 Å². The van der Waals surface area contributed by atoms with Gasteiger partial charge in [-0.25, -0.2) is 4.39 Å². The lowest BCUT2D eigenvalue weighted by atomic mass is 10.2. The van der Waals surface area contributed by atoms with E-state index in [1.165, 1.54) is 36.7 Å². The number of nitrogens with one attached hydrogen (secondary N) is 1. The van der Waals surface area contributed by atoms with Crippen molar-refractivity contribution in [2.24, 2.45) is 4.99 Å². The molecule has 2 aliphatic rings. The minimum absolute atomic E-state index is 0.129. The normalized spacial score (nSPS) is 23.8. The predicted octanol–water partition coefficient (Wildman–Crippen LogP) is 3.33. The van der Waals surface area contributed by atoms with E-state index in [4.69, 9.17) is 0 Å². The SMILES string of the molecule is O=C1NC(=NC2CCCC2)S/C1=C\c1ccc(F)cc1. The van der Waals surface area contributed by atoms with Crippen LogP contribution in [0.25, 0.3) is 6.08 Å². The summed E-state index contributed by atoms with van der Waals surface area (Å²) in [5.41, 5.74) is 0.811. The van der Waals surface area contributed by atoms with Crippen molar-refractivity contribution in [1.82, 2.24) is 5.32 Å². The monoisotopic (exact) mass is 290 g/mol. The Balaban J connectivity index is 1.74. The van der Waals surface area contributed by atoms with E-state index >= 15 is 0 Å². The van der Waals surface area contributed by atoms with Crippen molar-refractivity contribution < 1.29 is 9.18 Å². The van der Waals surface area contributed by atoms with Gasteiger partial charge in [0, 0.05) is 0 Å². The molecule has 104 valence electrons. The highest BCUT2D eigenvalue weighted by Crippen LogP contribution is 2.28. The summed E-state index contributed by atoms with van der Waals surface area (Å²) in [6.45, 7) is 0. The number of carbonyl (C=O) groups is 1. The van der Waals surface area contributed by atoms with Gasteiger partial charge in [-0.1, -0.05) is 25.0 Å². The van der Waals surface area contributed by atoms with Crippen molar-refractivity contribution in [3.8, 4) is 0 Å². The maximum atomic E-state index is 12.8. The van der Waals surface area contributed by atoms with Crippen LogP contribution in [0.3, 0.4) is 0 Å². The first-order valence-corrected chi connectivity index (χ1v) is 7.56. The van der Waals surface area contributed by atoms with E-state index in [9.17, 15) is 9.18 Å². The van der Waals surface area contributed by atoms with Gasteiger partial charge >= 0.3 is 0 Å². The lowest BCUT2D eigenvalue weighted by molar-refractivity contribution is -0.115. The third-order valence-electron chi connectivity index (χ3n) is 3.44. The van der Waals surface area contributed by atoms with Crippen LogP contribution in [0, 0.1) is 5.82 Å². The van der Waals surface area contributed by atoms with Crippen molar-refractivity contribution >= 4 is 28.9 Å². The molecule has 0 radical (unpaired) electrons. The minimum Gasteiger partial charge on any atom is -0.301 e. The zero-order valence-electron chi connectivity index (χ0n) is 10.9. The minimum atomic E-state index is -0.279. The Bertz CT molecular complexity index is 574. The average molecular weight is 290 g/mol. The molecule has 0 unspecified atom stereocenters. The summed E-state index contributed by atoms with van der Waals surface area (Å²) in [6.07, 6.45) is 6.42. The molecule has 1 N–H and O–H groups in total. The van der Waals surface area contributed by atoms with Gasteiger partial charge in [-0.15, -0.1) is 0 Å². The van der Waals surface area contributed by atoms with Gasteiger partial charge in [-0.05, 0) is 48.4 Å². The lowest BCUT2D eigenvalue weighted by Gasteiger charge is -2.02. The molecule has 0 aromatic heterocycles. The number of thioether (sulfide) groups is 1. The third kappa shape index (κ3) is 3.10. The molecule has 3 rings (SSSR count).